The van der Waals surface area contributed by atoms with Gasteiger partial charge in [0.05, 0.1) is 5.69 Å². The fraction of sp³-hybridized carbons (Fsp3) is 0.385. The van der Waals surface area contributed by atoms with E-state index in [1.165, 1.54) is 18.2 Å². The van der Waals surface area contributed by atoms with Crippen LogP contribution in [0.1, 0.15) is 13.3 Å². The molecule has 0 radical (unpaired) electrons. The quantitative estimate of drug-likeness (QED) is 0.732. The predicted molar refractivity (Wildman–Crippen MR) is 71.1 cm³/mol. The summed E-state index contributed by atoms with van der Waals surface area (Å²) in [6.45, 7) is 1.45. The Morgan fingerprint density at radius 3 is 2.55 bits per heavy atom. The van der Waals surface area contributed by atoms with Crippen molar-refractivity contribution in [2.45, 2.75) is 19.4 Å². The second-order valence-electron chi connectivity index (χ2n) is 4.05. The summed E-state index contributed by atoms with van der Waals surface area (Å²) in [5.74, 6) is -1.82. The van der Waals surface area contributed by atoms with Gasteiger partial charge in [-0.3, -0.25) is 4.90 Å². The number of halogens is 1. The van der Waals surface area contributed by atoms with Gasteiger partial charge in [-0.1, -0.05) is 12.1 Å². The number of benzene rings is 1. The summed E-state index contributed by atoms with van der Waals surface area (Å²) in [6, 6.07) is 3.79. The zero-order valence-corrected chi connectivity index (χ0v) is 11.0. The summed E-state index contributed by atoms with van der Waals surface area (Å²) in [6.07, 6.45) is -0.115. The van der Waals surface area contributed by atoms with Crippen molar-refractivity contribution in [3.8, 4) is 0 Å². The standard InChI is InChI=1S/C13H17FN2O4/c1-2-16(11-6-4-3-5-9(11)14)13(20)15-10(7-8-17)12(18)19/h3-6,10,17H,2,7-8H2,1H3,(H,15,20)(H,18,19). The average Bonchev–Trinajstić information content (AvgIpc) is 2.41. The molecule has 0 aliphatic rings. The average molecular weight is 284 g/mol. The third-order valence-corrected chi connectivity index (χ3v) is 2.72. The molecule has 1 rings (SSSR count). The van der Waals surface area contributed by atoms with Crippen molar-refractivity contribution in [3.63, 3.8) is 0 Å². The smallest absolute Gasteiger partial charge is 0.326 e. The molecule has 2 amide bonds. The predicted octanol–water partition coefficient (Wildman–Crippen LogP) is 1.20. The minimum Gasteiger partial charge on any atom is -0.480 e. The van der Waals surface area contributed by atoms with Gasteiger partial charge < -0.3 is 15.5 Å². The SMILES string of the molecule is CCN(C(=O)NC(CCO)C(=O)O)c1ccccc1F. The van der Waals surface area contributed by atoms with Gasteiger partial charge in [-0.2, -0.15) is 0 Å². The molecule has 3 N–H and O–H groups in total. The lowest BCUT2D eigenvalue weighted by molar-refractivity contribution is -0.139. The number of nitrogens with zero attached hydrogens (tertiary/aromatic N) is 1. The number of carboxylic acids is 1. The van der Waals surface area contributed by atoms with Crippen LogP contribution in [0.5, 0.6) is 0 Å². The lowest BCUT2D eigenvalue weighted by atomic mass is 10.2. The Kier molecular flexibility index (Phi) is 5.92. The van der Waals surface area contributed by atoms with E-state index in [0.717, 1.165) is 4.90 Å². The third-order valence-electron chi connectivity index (χ3n) is 2.72. The van der Waals surface area contributed by atoms with Gasteiger partial charge in [0.1, 0.15) is 11.9 Å². The van der Waals surface area contributed by atoms with Crippen molar-refractivity contribution in [1.29, 1.82) is 0 Å². The zero-order valence-electron chi connectivity index (χ0n) is 11.0. The van der Waals surface area contributed by atoms with Crippen LogP contribution in [-0.4, -0.2) is 41.4 Å². The molecular weight excluding hydrogens is 267 g/mol. The number of urea groups is 1. The molecule has 0 saturated heterocycles. The van der Waals surface area contributed by atoms with Crippen LogP contribution in [0.3, 0.4) is 0 Å². The second-order valence-corrected chi connectivity index (χ2v) is 4.05. The van der Waals surface area contributed by atoms with Crippen molar-refractivity contribution in [3.05, 3.63) is 30.1 Å². The molecule has 1 aromatic carbocycles. The Balaban J connectivity index is 2.87. The maximum atomic E-state index is 13.7. The number of carbonyl (C=O) groups is 2. The number of hydrogen-bond acceptors (Lipinski definition) is 3. The minimum atomic E-state index is -1.25. The highest BCUT2D eigenvalue weighted by Crippen LogP contribution is 2.18. The number of anilines is 1. The highest BCUT2D eigenvalue weighted by atomic mass is 19.1. The first-order valence-electron chi connectivity index (χ1n) is 6.17. The molecule has 0 spiro atoms. The molecule has 1 unspecified atom stereocenters. The van der Waals surface area contributed by atoms with E-state index in [1.807, 2.05) is 0 Å². The molecule has 110 valence electrons. The van der Waals surface area contributed by atoms with E-state index in [1.54, 1.807) is 13.0 Å². The van der Waals surface area contributed by atoms with E-state index in [0.29, 0.717) is 0 Å². The summed E-state index contributed by atoms with van der Waals surface area (Å²) >= 11 is 0. The van der Waals surface area contributed by atoms with Crippen LogP contribution in [0.2, 0.25) is 0 Å². The Morgan fingerprint density at radius 1 is 1.40 bits per heavy atom. The van der Waals surface area contributed by atoms with Crippen LogP contribution in [0, 0.1) is 5.82 Å². The molecule has 0 aliphatic carbocycles. The summed E-state index contributed by atoms with van der Waals surface area (Å²) < 4.78 is 13.7. The lowest BCUT2D eigenvalue weighted by Crippen LogP contribution is -2.48. The van der Waals surface area contributed by atoms with Crippen molar-refractivity contribution in [2.75, 3.05) is 18.1 Å². The molecule has 0 aliphatic heterocycles. The first-order chi connectivity index (χ1) is 9.51. The van der Waals surface area contributed by atoms with Gasteiger partial charge in [0.25, 0.3) is 0 Å². The molecule has 0 aromatic heterocycles. The van der Waals surface area contributed by atoms with Crippen molar-refractivity contribution in [1.82, 2.24) is 5.32 Å². The second kappa shape index (κ2) is 7.44. The largest absolute Gasteiger partial charge is 0.480 e. The van der Waals surface area contributed by atoms with Crippen LogP contribution in [0.4, 0.5) is 14.9 Å². The summed E-state index contributed by atoms with van der Waals surface area (Å²) in [7, 11) is 0. The molecule has 1 aromatic rings. The van der Waals surface area contributed by atoms with Gasteiger partial charge in [-0.05, 0) is 19.1 Å². The van der Waals surface area contributed by atoms with E-state index >= 15 is 0 Å². The lowest BCUT2D eigenvalue weighted by Gasteiger charge is -2.24. The fourth-order valence-corrected chi connectivity index (χ4v) is 1.71. The summed E-state index contributed by atoms with van der Waals surface area (Å²) in [5.41, 5.74) is 0.0700. The molecule has 1 atom stereocenters. The molecule has 0 saturated carbocycles. The number of rotatable bonds is 6. The third kappa shape index (κ3) is 3.92. The van der Waals surface area contributed by atoms with Crippen molar-refractivity contribution >= 4 is 17.7 Å². The Morgan fingerprint density at radius 2 is 2.05 bits per heavy atom. The van der Waals surface area contributed by atoms with E-state index in [2.05, 4.69) is 5.32 Å². The topological polar surface area (TPSA) is 89.9 Å². The van der Waals surface area contributed by atoms with E-state index in [-0.39, 0.29) is 25.3 Å². The number of nitrogens with one attached hydrogen (secondary N) is 1. The Hall–Kier alpha value is -2.15. The van der Waals surface area contributed by atoms with Crippen LogP contribution in [-0.2, 0) is 4.79 Å². The number of hydrogen-bond donors (Lipinski definition) is 3. The Bertz CT molecular complexity index is 481. The van der Waals surface area contributed by atoms with Crippen LogP contribution in [0.15, 0.2) is 24.3 Å². The van der Waals surface area contributed by atoms with E-state index < -0.39 is 23.9 Å². The van der Waals surface area contributed by atoms with Crippen LogP contribution >= 0.6 is 0 Å². The molecule has 0 heterocycles. The van der Waals surface area contributed by atoms with Crippen LogP contribution < -0.4 is 10.2 Å². The maximum Gasteiger partial charge on any atom is 0.326 e. The van der Waals surface area contributed by atoms with Gasteiger partial charge in [0, 0.05) is 19.6 Å². The zero-order chi connectivity index (χ0) is 15.1. The molecule has 6 nitrogen and oxygen atoms in total. The number of carbonyl (C=O) groups excluding carboxylic acids is 1. The number of amides is 2. The highest BCUT2D eigenvalue weighted by molar-refractivity contribution is 5.94. The van der Waals surface area contributed by atoms with Crippen LogP contribution in [0.25, 0.3) is 0 Å². The van der Waals surface area contributed by atoms with Gasteiger partial charge in [-0.25, -0.2) is 14.0 Å². The van der Waals surface area contributed by atoms with Gasteiger partial charge >= 0.3 is 12.0 Å². The molecule has 20 heavy (non-hydrogen) atoms. The van der Waals surface area contributed by atoms with Gasteiger partial charge in [-0.15, -0.1) is 0 Å². The molecule has 7 heteroatoms. The fourth-order valence-electron chi connectivity index (χ4n) is 1.71. The molecule has 0 bridgehead atoms. The number of aliphatic carboxylic acids is 1. The van der Waals surface area contributed by atoms with Crippen molar-refractivity contribution < 1.29 is 24.2 Å². The monoisotopic (exact) mass is 284 g/mol. The molecular formula is C13H17FN2O4. The molecule has 0 fully saturated rings. The first-order valence-corrected chi connectivity index (χ1v) is 6.17. The number of para-hydroxylation sites is 1. The highest BCUT2D eigenvalue weighted by Gasteiger charge is 2.24. The number of aliphatic hydroxyl groups excluding tert-OH is 1. The Labute approximate surface area is 115 Å². The van der Waals surface area contributed by atoms with Gasteiger partial charge in [0.2, 0.25) is 0 Å². The number of carboxylic acid groups (broad SMARTS) is 1. The minimum absolute atomic E-state index is 0.0700. The maximum absolute atomic E-state index is 13.7. The van der Waals surface area contributed by atoms with E-state index in [4.69, 9.17) is 10.2 Å². The summed E-state index contributed by atoms with van der Waals surface area (Å²) in [4.78, 5) is 24.0. The van der Waals surface area contributed by atoms with Crippen molar-refractivity contribution in [2.24, 2.45) is 0 Å². The normalized spacial score (nSPS) is 11.8. The van der Waals surface area contributed by atoms with E-state index in [9.17, 15) is 14.0 Å². The van der Waals surface area contributed by atoms with Gasteiger partial charge in [0.15, 0.2) is 0 Å². The summed E-state index contributed by atoms with van der Waals surface area (Å²) in [5, 5.41) is 19.9. The first kappa shape index (κ1) is 15.9. The number of aliphatic hydroxyl groups is 1.